The van der Waals surface area contributed by atoms with Crippen molar-refractivity contribution in [3.8, 4) is 0 Å². The van der Waals surface area contributed by atoms with Crippen molar-refractivity contribution in [2.24, 2.45) is 4.99 Å². The van der Waals surface area contributed by atoms with E-state index in [0.717, 1.165) is 13.0 Å². The Balaban J connectivity index is 2.05. The van der Waals surface area contributed by atoms with Gasteiger partial charge in [0.15, 0.2) is 5.17 Å². The van der Waals surface area contributed by atoms with Gasteiger partial charge in [-0.15, -0.1) is 0 Å². The van der Waals surface area contributed by atoms with Gasteiger partial charge >= 0.3 is 0 Å². The molecule has 2 N–H and O–H groups in total. The van der Waals surface area contributed by atoms with E-state index in [-0.39, 0.29) is 12.5 Å². The molecule has 0 aromatic heterocycles. The summed E-state index contributed by atoms with van der Waals surface area (Å²) < 4.78 is 0. The molecule has 1 fully saturated rings. The number of thioether (sulfide) groups is 1. The number of hydrogen-bond donors (Lipinski definition) is 2. The van der Waals surface area contributed by atoms with Crippen molar-refractivity contribution in [3.05, 3.63) is 0 Å². The summed E-state index contributed by atoms with van der Waals surface area (Å²) in [4.78, 5) is 16.8. The summed E-state index contributed by atoms with van der Waals surface area (Å²) >= 11 is 1.40. The van der Waals surface area contributed by atoms with Crippen LogP contribution in [0.25, 0.3) is 0 Å². The number of carbonyl (C=O) groups excluding carboxylic acids is 1. The molecule has 1 amide bonds. The normalized spacial score (nSPS) is 32.0. The molecule has 0 aromatic carbocycles. The van der Waals surface area contributed by atoms with E-state index >= 15 is 0 Å². The summed E-state index contributed by atoms with van der Waals surface area (Å²) in [5, 5.41) is 19.7. The number of piperidine rings is 1. The molecule has 1 unspecified atom stereocenters. The summed E-state index contributed by atoms with van der Waals surface area (Å²) in [6.45, 7) is 0.916. The third-order valence-corrected chi connectivity index (χ3v) is 3.66. The topological polar surface area (TPSA) is 73.1 Å². The van der Waals surface area contributed by atoms with Gasteiger partial charge in [0.2, 0.25) is 0 Å². The van der Waals surface area contributed by atoms with Crippen LogP contribution >= 0.6 is 11.8 Å². The Bertz CT molecular complexity index is 308. The first-order valence-electron chi connectivity index (χ1n) is 4.95. The monoisotopic (exact) mass is 230 g/mol. The molecule has 5 nitrogen and oxygen atoms in total. The number of aliphatic hydroxyl groups is 2. The maximum Gasteiger partial charge on any atom is 0.258 e. The van der Waals surface area contributed by atoms with Crippen LogP contribution in [0.5, 0.6) is 0 Å². The molecule has 2 rings (SSSR count). The Morgan fingerprint density at radius 3 is 3.00 bits per heavy atom. The van der Waals surface area contributed by atoms with Gasteiger partial charge in [0.1, 0.15) is 5.60 Å². The first-order valence-corrected chi connectivity index (χ1v) is 5.94. The van der Waals surface area contributed by atoms with Gasteiger partial charge in [-0.3, -0.25) is 4.79 Å². The van der Waals surface area contributed by atoms with Gasteiger partial charge < -0.3 is 15.1 Å². The first kappa shape index (κ1) is 10.9. The highest BCUT2D eigenvalue weighted by Crippen LogP contribution is 2.25. The van der Waals surface area contributed by atoms with E-state index in [4.69, 9.17) is 5.11 Å². The van der Waals surface area contributed by atoms with Crippen LogP contribution in [0.4, 0.5) is 0 Å². The summed E-state index contributed by atoms with van der Waals surface area (Å²) in [5.41, 5.74) is -1.03. The number of aliphatic hydroxyl groups excluding tert-OH is 1. The van der Waals surface area contributed by atoms with Crippen LogP contribution in [0.3, 0.4) is 0 Å². The lowest BCUT2D eigenvalue weighted by Gasteiger charge is -2.38. The van der Waals surface area contributed by atoms with Gasteiger partial charge in [0.05, 0.1) is 18.9 Å². The third-order valence-electron chi connectivity index (χ3n) is 2.67. The van der Waals surface area contributed by atoms with E-state index in [0.29, 0.717) is 23.9 Å². The number of carbonyl (C=O) groups is 1. The molecule has 2 aliphatic rings. The molecule has 0 saturated carbocycles. The summed E-state index contributed by atoms with van der Waals surface area (Å²) in [6.07, 6.45) is 1.41. The Morgan fingerprint density at radius 2 is 2.40 bits per heavy atom. The maximum atomic E-state index is 11.0. The molecule has 1 atom stereocenters. The van der Waals surface area contributed by atoms with Gasteiger partial charge in [-0.1, -0.05) is 11.8 Å². The van der Waals surface area contributed by atoms with Crippen LogP contribution in [-0.4, -0.2) is 57.2 Å². The second-order valence-electron chi connectivity index (χ2n) is 3.98. The van der Waals surface area contributed by atoms with E-state index in [2.05, 4.69) is 4.99 Å². The molecule has 2 aliphatic heterocycles. The Labute approximate surface area is 92.2 Å². The Hall–Kier alpha value is -0.590. The number of aliphatic imine (C=N–C) groups is 1. The second-order valence-corrected chi connectivity index (χ2v) is 4.93. The van der Waals surface area contributed by atoms with Gasteiger partial charge in [-0.05, 0) is 12.8 Å². The molecule has 0 aliphatic carbocycles. The Morgan fingerprint density at radius 1 is 1.60 bits per heavy atom. The second kappa shape index (κ2) is 4.11. The molecule has 6 heteroatoms. The van der Waals surface area contributed by atoms with E-state index < -0.39 is 5.60 Å². The Kier molecular flexibility index (Phi) is 2.99. The number of amides is 1. The van der Waals surface area contributed by atoms with Crippen LogP contribution in [0, 0.1) is 0 Å². The molecule has 0 bridgehead atoms. The average molecular weight is 230 g/mol. The standard InChI is InChI=1S/C9H14N2O3S/c12-6-9(14)2-1-3-11(5-9)8-10-7(13)4-15-8/h12,14H,1-6H2. The van der Waals surface area contributed by atoms with E-state index in [1.807, 2.05) is 4.90 Å². The maximum absolute atomic E-state index is 11.0. The highest BCUT2D eigenvalue weighted by molar-refractivity contribution is 8.14. The molecule has 84 valence electrons. The van der Waals surface area contributed by atoms with Crippen LogP contribution in [0.2, 0.25) is 0 Å². The van der Waals surface area contributed by atoms with Gasteiger partial charge in [0.25, 0.3) is 5.91 Å². The first-order chi connectivity index (χ1) is 7.13. The van der Waals surface area contributed by atoms with Crippen molar-refractivity contribution in [1.29, 1.82) is 0 Å². The van der Waals surface area contributed by atoms with Gasteiger partial charge in [-0.2, -0.15) is 4.99 Å². The highest BCUT2D eigenvalue weighted by Gasteiger charge is 2.35. The highest BCUT2D eigenvalue weighted by atomic mass is 32.2. The predicted octanol–water partition coefficient (Wildman–Crippen LogP) is -0.565. The van der Waals surface area contributed by atoms with E-state index in [1.54, 1.807) is 0 Å². The molecule has 1 saturated heterocycles. The van der Waals surface area contributed by atoms with Crippen molar-refractivity contribution >= 4 is 22.8 Å². The smallest absolute Gasteiger partial charge is 0.258 e. The SMILES string of the molecule is O=C1CSC(N2CCCC(O)(CO)C2)=N1. The van der Waals surface area contributed by atoms with Crippen molar-refractivity contribution in [2.75, 3.05) is 25.4 Å². The number of nitrogens with zero attached hydrogens (tertiary/aromatic N) is 2. The fourth-order valence-electron chi connectivity index (χ4n) is 1.86. The van der Waals surface area contributed by atoms with Crippen LogP contribution in [0.1, 0.15) is 12.8 Å². The van der Waals surface area contributed by atoms with Crippen LogP contribution < -0.4 is 0 Å². The molecule has 15 heavy (non-hydrogen) atoms. The lowest BCUT2D eigenvalue weighted by Crippen LogP contribution is -2.51. The van der Waals surface area contributed by atoms with Gasteiger partial charge in [0, 0.05) is 6.54 Å². The average Bonchev–Trinajstić information content (AvgIpc) is 2.65. The van der Waals surface area contributed by atoms with Crippen LogP contribution in [-0.2, 0) is 4.79 Å². The number of rotatable bonds is 1. The zero-order valence-electron chi connectivity index (χ0n) is 8.35. The quantitative estimate of drug-likeness (QED) is 0.631. The summed E-state index contributed by atoms with van der Waals surface area (Å²) in [6, 6.07) is 0. The largest absolute Gasteiger partial charge is 0.393 e. The number of likely N-dealkylation sites (tertiary alicyclic amines) is 1. The third kappa shape index (κ3) is 2.32. The van der Waals surface area contributed by atoms with E-state index in [9.17, 15) is 9.90 Å². The zero-order valence-corrected chi connectivity index (χ0v) is 9.16. The molecule has 0 spiro atoms. The predicted molar refractivity (Wildman–Crippen MR) is 57.7 cm³/mol. The van der Waals surface area contributed by atoms with Gasteiger partial charge in [-0.25, -0.2) is 0 Å². The summed E-state index contributed by atoms with van der Waals surface area (Å²) in [7, 11) is 0. The molecule has 0 aromatic rings. The molecular formula is C9H14N2O3S. The minimum atomic E-state index is -1.03. The van der Waals surface area contributed by atoms with Crippen LogP contribution in [0.15, 0.2) is 4.99 Å². The van der Waals surface area contributed by atoms with Crippen molar-refractivity contribution in [1.82, 2.24) is 4.90 Å². The lowest BCUT2D eigenvalue weighted by atomic mass is 9.94. The molecule has 2 heterocycles. The van der Waals surface area contributed by atoms with E-state index in [1.165, 1.54) is 11.8 Å². The fourth-order valence-corrected chi connectivity index (χ4v) is 2.69. The van der Waals surface area contributed by atoms with Crippen molar-refractivity contribution < 1.29 is 15.0 Å². The minimum Gasteiger partial charge on any atom is -0.393 e. The number of amidine groups is 1. The van der Waals surface area contributed by atoms with Crippen molar-refractivity contribution in [2.45, 2.75) is 18.4 Å². The fraction of sp³-hybridized carbons (Fsp3) is 0.778. The molecule has 0 radical (unpaired) electrons. The lowest BCUT2D eigenvalue weighted by molar-refractivity contribution is -0.115. The minimum absolute atomic E-state index is 0.117. The van der Waals surface area contributed by atoms with Crippen molar-refractivity contribution in [3.63, 3.8) is 0 Å². The summed E-state index contributed by atoms with van der Waals surface area (Å²) in [5.74, 6) is 0.275. The zero-order chi connectivity index (χ0) is 10.9. The number of β-amino-alcohol motifs (C(OH)–C–C–N with tert-alkyl or cyclic N) is 1. The number of hydrogen-bond acceptors (Lipinski definition) is 5. The molecular weight excluding hydrogens is 216 g/mol.